The minimum Gasteiger partial charge on any atom is -0.460 e. The molecule has 10 N–H and O–H groups in total. The first-order valence-electron chi connectivity index (χ1n) is 20.0. The smallest absolute Gasteiger partial charge is 0.330 e. The molecule has 0 saturated carbocycles. The van der Waals surface area contributed by atoms with Gasteiger partial charge in [-0.15, -0.1) is 0 Å². The lowest BCUT2D eigenvalue weighted by Gasteiger charge is -2.25. The largest absolute Gasteiger partial charge is 0.460 e. The Morgan fingerprint density at radius 1 is 0.459 bits per heavy atom. The Hall–Kier alpha value is -2.34. The van der Waals surface area contributed by atoms with Gasteiger partial charge in [0.05, 0.1) is 111 Å². The first-order valence-corrected chi connectivity index (χ1v) is 20.0. The summed E-state index contributed by atoms with van der Waals surface area (Å²) in [4.78, 5) is 26.0. The number of hydrogen-bond acceptors (Lipinski definition) is 23. The molecule has 0 spiro atoms. The van der Waals surface area contributed by atoms with Crippen LogP contribution in [0, 0.1) is 0 Å². The molecular weight excluding hydrogens is 820 g/mol. The molecule has 8 unspecified atom stereocenters. The lowest BCUT2D eigenvalue weighted by molar-refractivity contribution is -0.187. The Balaban J connectivity index is 5.04. The molecule has 0 amide bonds. The van der Waals surface area contributed by atoms with Gasteiger partial charge in [-0.1, -0.05) is 13.2 Å². The van der Waals surface area contributed by atoms with E-state index in [4.69, 9.17) is 52.8 Å². The predicted octanol–water partition coefficient (Wildman–Crippen LogP) is -5.62. The van der Waals surface area contributed by atoms with Crippen molar-refractivity contribution in [2.24, 2.45) is 0 Å². The summed E-state index contributed by atoms with van der Waals surface area (Å²) in [5, 5.41) is 98.4. The molecule has 0 rings (SSSR count). The number of nitrogens with zero attached hydrogens (tertiary/aromatic N) is 2. The second-order valence-electron chi connectivity index (χ2n) is 13.6. The predicted molar refractivity (Wildman–Crippen MR) is 213 cm³/mol. The highest BCUT2D eigenvalue weighted by Gasteiger charge is 2.20. The van der Waals surface area contributed by atoms with E-state index in [9.17, 15) is 50.4 Å². The lowest BCUT2D eigenvalue weighted by Crippen LogP contribution is -2.39. The van der Waals surface area contributed by atoms with Gasteiger partial charge in [0, 0.05) is 57.8 Å². The van der Waals surface area contributed by atoms with E-state index in [0.717, 1.165) is 12.2 Å². The Kier molecular flexibility index (Phi) is 37.8. The number of rotatable bonds is 44. The maximum absolute atomic E-state index is 11.3. The molecule has 0 heterocycles. The molecule has 0 saturated heterocycles. The normalized spacial score (nSPS) is 15.8. The summed E-state index contributed by atoms with van der Waals surface area (Å²) >= 11 is 0. The van der Waals surface area contributed by atoms with Crippen LogP contribution in [0.3, 0.4) is 0 Å². The van der Waals surface area contributed by atoms with Gasteiger partial charge in [-0.2, -0.15) is 0 Å². The van der Waals surface area contributed by atoms with Gasteiger partial charge < -0.3 is 93.7 Å². The van der Waals surface area contributed by atoms with Crippen LogP contribution in [-0.4, -0.2) is 273 Å². The van der Waals surface area contributed by atoms with Gasteiger partial charge in [0.25, 0.3) is 0 Å². The van der Waals surface area contributed by atoms with Crippen molar-refractivity contribution in [3.05, 3.63) is 25.3 Å². The van der Waals surface area contributed by atoms with Gasteiger partial charge in [0.1, 0.15) is 43.7 Å². The Morgan fingerprint density at radius 3 is 1.21 bits per heavy atom. The molecule has 61 heavy (non-hydrogen) atoms. The topological polar surface area (TPSA) is 326 Å². The van der Waals surface area contributed by atoms with Crippen molar-refractivity contribution in [1.29, 1.82) is 0 Å². The van der Waals surface area contributed by atoms with Gasteiger partial charge in [0.15, 0.2) is 6.29 Å². The van der Waals surface area contributed by atoms with E-state index in [2.05, 4.69) is 13.2 Å². The third-order valence-corrected chi connectivity index (χ3v) is 7.90. The van der Waals surface area contributed by atoms with Crippen molar-refractivity contribution >= 4 is 11.9 Å². The SMILES string of the molecule is C=CC(=O)OCC(O)COC(COCC(O)COCCC(OCC(O)COCC(O)CN(CCO)CCO)OCC(O)COC(=O)C=C)COCC(O)CN(CCO)CCO. The number of carbonyl (C=O) groups is 2. The fourth-order valence-electron chi connectivity index (χ4n) is 4.98. The minimum atomic E-state index is -1.22. The van der Waals surface area contributed by atoms with Crippen molar-refractivity contribution in [1.82, 2.24) is 9.80 Å². The van der Waals surface area contributed by atoms with Crippen LogP contribution in [0.15, 0.2) is 25.3 Å². The molecule has 0 aliphatic carbocycles. The molecular formula is C38H72N2O21. The second-order valence-corrected chi connectivity index (χ2v) is 13.6. The number of aliphatic hydroxyl groups is 10. The van der Waals surface area contributed by atoms with Crippen LogP contribution in [0.2, 0.25) is 0 Å². The van der Waals surface area contributed by atoms with Crippen LogP contribution in [0.5, 0.6) is 0 Å². The summed E-state index contributed by atoms with van der Waals surface area (Å²) in [6.07, 6.45) is -6.49. The molecule has 0 fully saturated rings. The average Bonchev–Trinajstić information content (AvgIpc) is 3.23. The van der Waals surface area contributed by atoms with E-state index >= 15 is 0 Å². The van der Waals surface area contributed by atoms with Crippen LogP contribution in [-0.2, 0) is 52.2 Å². The van der Waals surface area contributed by atoms with E-state index in [-0.39, 0.29) is 158 Å². The molecule has 23 heteroatoms. The highest BCUT2D eigenvalue weighted by Crippen LogP contribution is 2.07. The fraction of sp³-hybridized carbons (Fsp3) is 0.842. The zero-order valence-electron chi connectivity index (χ0n) is 35.0. The van der Waals surface area contributed by atoms with Crippen LogP contribution < -0.4 is 0 Å². The number of aliphatic hydroxyl groups excluding tert-OH is 10. The standard InChI is InChI=1S/C38H72N2O21/c1-3-36(51)58-23-33(49)22-57-35(27-55-18-30(46)16-40(8-12-43)9-13-44)28-56-20-31(47)19-53-14-5-38(61-26-34(50)24-59-37(52)4-2)60-25-32(48)21-54-17-29(45)15-39(6-10-41)7-11-42/h3-4,29-35,38,41-50H,1-2,5-28H2. The summed E-state index contributed by atoms with van der Waals surface area (Å²) in [5.41, 5.74) is 0. The summed E-state index contributed by atoms with van der Waals surface area (Å²) < 4.78 is 48.7. The molecule has 23 nitrogen and oxygen atoms in total. The first-order chi connectivity index (χ1) is 29.3. The maximum atomic E-state index is 11.3. The number of hydrogen-bond donors (Lipinski definition) is 10. The van der Waals surface area contributed by atoms with E-state index in [0.29, 0.717) is 0 Å². The van der Waals surface area contributed by atoms with Crippen LogP contribution in [0.1, 0.15) is 6.42 Å². The van der Waals surface area contributed by atoms with E-state index in [1.54, 1.807) is 9.80 Å². The molecule has 0 aromatic heterocycles. The summed E-state index contributed by atoms with van der Waals surface area (Å²) in [5.74, 6) is -1.46. The molecule has 0 bridgehead atoms. The van der Waals surface area contributed by atoms with Gasteiger partial charge in [-0.05, 0) is 0 Å². The molecule has 0 aliphatic heterocycles. The van der Waals surface area contributed by atoms with Gasteiger partial charge >= 0.3 is 11.9 Å². The van der Waals surface area contributed by atoms with Crippen LogP contribution >= 0.6 is 0 Å². The third kappa shape index (κ3) is 34.8. The number of carbonyl (C=O) groups excluding carboxylic acids is 2. The third-order valence-electron chi connectivity index (χ3n) is 7.90. The molecule has 0 aromatic carbocycles. The van der Waals surface area contributed by atoms with Crippen molar-refractivity contribution < 1.29 is 103 Å². The zero-order valence-corrected chi connectivity index (χ0v) is 35.0. The van der Waals surface area contributed by atoms with Crippen LogP contribution in [0.25, 0.3) is 0 Å². The Bertz CT molecular complexity index is 1070. The number of ether oxygens (including phenoxy) is 9. The monoisotopic (exact) mass is 892 g/mol. The first kappa shape index (κ1) is 58.7. The minimum absolute atomic E-state index is 0.0233. The van der Waals surface area contributed by atoms with Gasteiger partial charge in [-0.3, -0.25) is 9.80 Å². The fourth-order valence-corrected chi connectivity index (χ4v) is 4.98. The summed E-state index contributed by atoms with van der Waals surface area (Å²) in [6, 6.07) is 0. The van der Waals surface area contributed by atoms with E-state index in [1.165, 1.54) is 0 Å². The van der Waals surface area contributed by atoms with Crippen molar-refractivity contribution in [2.45, 2.75) is 55.4 Å². The van der Waals surface area contributed by atoms with E-state index < -0.39 is 61.0 Å². The molecule has 8 atom stereocenters. The average molecular weight is 893 g/mol. The number of esters is 2. The molecule has 0 aliphatic rings. The zero-order chi connectivity index (χ0) is 45.7. The van der Waals surface area contributed by atoms with Crippen molar-refractivity contribution in [3.63, 3.8) is 0 Å². The highest BCUT2D eigenvalue weighted by molar-refractivity contribution is 5.81. The molecule has 360 valence electrons. The van der Waals surface area contributed by atoms with Crippen molar-refractivity contribution in [3.8, 4) is 0 Å². The summed E-state index contributed by atoms with van der Waals surface area (Å²) in [6.45, 7) is 4.43. The summed E-state index contributed by atoms with van der Waals surface area (Å²) in [7, 11) is 0. The highest BCUT2D eigenvalue weighted by atomic mass is 16.7. The quantitative estimate of drug-likeness (QED) is 0.0118. The molecule has 0 aromatic rings. The van der Waals surface area contributed by atoms with Gasteiger partial charge in [-0.25, -0.2) is 9.59 Å². The van der Waals surface area contributed by atoms with Crippen LogP contribution in [0.4, 0.5) is 0 Å². The second kappa shape index (κ2) is 39.3. The molecule has 0 radical (unpaired) electrons. The van der Waals surface area contributed by atoms with E-state index in [1.807, 2.05) is 0 Å². The maximum Gasteiger partial charge on any atom is 0.330 e. The van der Waals surface area contributed by atoms with Gasteiger partial charge in [0.2, 0.25) is 0 Å². The van der Waals surface area contributed by atoms with Crippen molar-refractivity contribution in [2.75, 3.05) is 152 Å². The Morgan fingerprint density at radius 2 is 0.803 bits per heavy atom. The Labute approximate surface area is 357 Å². The lowest BCUT2D eigenvalue weighted by atomic mass is 10.3.